The molecular formula is C14H22N3O2+. The fraction of sp³-hybridized carbons (Fsp3) is 0.500. The largest absolute Gasteiger partial charge is 0.365 e. The van der Waals surface area contributed by atoms with Gasteiger partial charge >= 0.3 is 0 Å². The summed E-state index contributed by atoms with van der Waals surface area (Å²) in [6.07, 6.45) is 3.35. The lowest BCUT2D eigenvalue weighted by Gasteiger charge is -2.29. The summed E-state index contributed by atoms with van der Waals surface area (Å²) in [5.74, 6) is -0.469. The van der Waals surface area contributed by atoms with Crippen LogP contribution in [0.2, 0.25) is 0 Å². The third kappa shape index (κ3) is 4.05. The number of carbonyl (C=O) groups is 2. The molecule has 1 rings (SSSR count). The lowest BCUT2D eigenvalue weighted by Crippen LogP contribution is -2.49. The average Bonchev–Trinajstić information content (AvgIpc) is 2.27. The summed E-state index contributed by atoms with van der Waals surface area (Å²) in [6, 6.07) is 3.63. The zero-order valence-electron chi connectivity index (χ0n) is 12.0. The second kappa shape index (κ2) is 6.31. The fourth-order valence-electron chi connectivity index (χ4n) is 2.18. The molecule has 1 heterocycles. The highest BCUT2D eigenvalue weighted by atomic mass is 16.2. The Kier molecular flexibility index (Phi) is 5.03. The van der Waals surface area contributed by atoms with E-state index in [4.69, 9.17) is 5.73 Å². The molecule has 0 spiro atoms. The van der Waals surface area contributed by atoms with Crippen LogP contribution in [0.1, 0.15) is 38.1 Å². The van der Waals surface area contributed by atoms with Crippen molar-refractivity contribution < 1.29 is 14.2 Å². The average molecular weight is 264 g/mol. The maximum Gasteiger partial charge on any atom is 0.289 e. The normalized spacial score (nSPS) is 10.8. The van der Waals surface area contributed by atoms with Gasteiger partial charge in [-0.3, -0.25) is 9.59 Å². The molecule has 1 aromatic heterocycles. The number of primary amides is 1. The Labute approximate surface area is 114 Å². The Morgan fingerprint density at radius 1 is 1.26 bits per heavy atom. The molecule has 0 unspecified atom stereocenters. The molecule has 0 saturated carbocycles. The molecule has 0 fully saturated rings. The highest BCUT2D eigenvalue weighted by Gasteiger charge is 2.23. The van der Waals surface area contributed by atoms with Crippen molar-refractivity contribution in [2.45, 2.75) is 46.3 Å². The number of amides is 2. The van der Waals surface area contributed by atoms with Gasteiger partial charge in [0.05, 0.1) is 0 Å². The van der Waals surface area contributed by atoms with E-state index in [9.17, 15) is 9.59 Å². The standard InChI is InChI=1S/C14H21N3O2/c1-10(2)17(11(3)4)13(18)9-16-7-5-6-12(8-16)14(15)19/h5-8,10-11H,9H2,1-4H3,(H-,15,19)/p+1. The molecule has 2 amide bonds. The van der Waals surface area contributed by atoms with Crippen molar-refractivity contribution in [3.63, 3.8) is 0 Å². The van der Waals surface area contributed by atoms with E-state index in [1.54, 1.807) is 29.1 Å². The molecule has 0 saturated heterocycles. The molecule has 0 bridgehead atoms. The second-order valence-corrected chi connectivity index (χ2v) is 5.12. The summed E-state index contributed by atoms with van der Waals surface area (Å²) in [6.45, 7) is 8.16. The number of rotatable bonds is 5. The lowest BCUT2D eigenvalue weighted by molar-refractivity contribution is -0.685. The molecule has 5 heteroatoms. The highest BCUT2D eigenvalue weighted by Crippen LogP contribution is 2.05. The first-order valence-electron chi connectivity index (χ1n) is 6.43. The summed E-state index contributed by atoms with van der Waals surface area (Å²) >= 11 is 0. The van der Waals surface area contributed by atoms with Gasteiger partial charge in [0.1, 0.15) is 5.56 Å². The van der Waals surface area contributed by atoms with E-state index in [-0.39, 0.29) is 24.5 Å². The van der Waals surface area contributed by atoms with Crippen molar-refractivity contribution in [3.05, 3.63) is 30.1 Å². The molecule has 2 N–H and O–H groups in total. The Morgan fingerprint density at radius 3 is 2.32 bits per heavy atom. The summed E-state index contributed by atoms with van der Waals surface area (Å²) in [4.78, 5) is 25.2. The predicted octanol–water partition coefficient (Wildman–Crippen LogP) is 0.718. The van der Waals surface area contributed by atoms with Crippen LogP contribution in [0.4, 0.5) is 0 Å². The van der Waals surface area contributed by atoms with Crippen LogP contribution in [0.3, 0.4) is 0 Å². The minimum Gasteiger partial charge on any atom is -0.365 e. The number of carbonyl (C=O) groups excluding carboxylic acids is 2. The molecule has 1 aromatic rings. The van der Waals surface area contributed by atoms with Gasteiger partial charge in [-0.05, 0) is 33.8 Å². The van der Waals surface area contributed by atoms with E-state index < -0.39 is 5.91 Å². The maximum atomic E-state index is 12.3. The number of nitrogens with two attached hydrogens (primary N) is 1. The van der Waals surface area contributed by atoms with Gasteiger partial charge in [-0.1, -0.05) is 0 Å². The quantitative estimate of drug-likeness (QED) is 0.796. The van der Waals surface area contributed by atoms with Gasteiger partial charge in [0.15, 0.2) is 12.4 Å². The molecule has 104 valence electrons. The van der Waals surface area contributed by atoms with E-state index in [2.05, 4.69) is 0 Å². The smallest absolute Gasteiger partial charge is 0.289 e. The molecule has 0 aliphatic heterocycles. The Balaban J connectivity index is 2.87. The number of pyridine rings is 1. The first-order chi connectivity index (χ1) is 8.82. The molecule has 0 atom stereocenters. The van der Waals surface area contributed by atoms with Crippen LogP contribution in [0.15, 0.2) is 24.5 Å². The zero-order valence-corrected chi connectivity index (χ0v) is 12.0. The van der Waals surface area contributed by atoms with E-state index in [1.807, 2.05) is 32.6 Å². The van der Waals surface area contributed by atoms with Crippen molar-refractivity contribution >= 4 is 11.8 Å². The van der Waals surface area contributed by atoms with Crippen molar-refractivity contribution in [2.75, 3.05) is 0 Å². The van der Waals surface area contributed by atoms with Gasteiger partial charge in [-0.15, -0.1) is 0 Å². The third-order valence-corrected chi connectivity index (χ3v) is 2.86. The minimum atomic E-state index is -0.494. The summed E-state index contributed by atoms with van der Waals surface area (Å²) in [7, 11) is 0. The molecule has 5 nitrogen and oxygen atoms in total. The summed E-state index contributed by atoms with van der Waals surface area (Å²) in [5, 5.41) is 0. The number of hydrogen-bond acceptors (Lipinski definition) is 2. The Morgan fingerprint density at radius 2 is 1.84 bits per heavy atom. The van der Waals surface area contributed by atoms with E-state index >= 15 is 0 Å². The van der Waals surface area contributed by atoms with Crippen molar-refractivity contribution in [2.24, 2.45) is 5.73 Å². The maximum absolute atomic E-state index is 12.3. The summed E-state index contributed by atoms with van der Waals surface area (Å²) < 4.78 is 1.68. The number of hydrogen-bond donors (Lipinski definition) is 1. The van der Waals surface area contributed by atoms with Crippen LogP contribution in [-0.4, -0.2) is 28.8 Å². The Hall–Kier alpha value is -1.91. The van der Waals surface area contributed by atoms with Gasteiger partial charge < -0.3 is 10.6 Å². The highest BCUT2D eigenvalue weighted by molar-refractivity contribution is 5.92. The van der Waals surface area contributed by atoms with Crippen LogP contribution < -0.4 is 10.3 Å². The van der Waals surface area contributed by atoms with E-state index in [1.165, 1.54) is 0 Å². The SMILES string of the molecule is CC(C)N(C(=O)C[n+]1cccc(C(N)=O)c1)C(C)C. The molecule has 0 aliphatic rings. The van der Waals surface area contributed by atoms with Crippen molar-refractivity contribution in [1.29, 1.82) is 0 Å². The monoisotopic (exact) mass is 264 g/mol. The number of nitrogens with zero attached hydrogens (tertiary/aromatic N) is 2. The molecule has 0 aliphatic carbocycles. The van der Waals surface area contributed by atoms with Gasteiger partial charge in [0.2, 0.25) is 6.54 Å². The Bertz CT molecular complexity index is 462. The zero-order chi connectivity index (χ0) is 14.6. The first-order valence-corrected chi connectivity index (χ1v) is 6.43. The van der Waals surface area contributed by atoms with Crippen LogP contribution in [0, 0.1) is 0 Å². The van der Waals surface area contributed by atoms with Crippen molar-refractivity contribution in [3.8, 4) is 0 Å². The van der Waals surface area contributed by atoms with Gasteiger partial charge in [0.25, 0.3) is 11.8 Å². The van der Waals surface area contributed by atoms with Crippen LogP contribution >= 0.6 is 0 Å². The fourth-order valence-corrected chi connectivity index (χ4v) is 2.18. The van der Waals surface area contributed by atoms with Crippen LogP contribution in [-0.2, 0) is 11.3 Å². The third-order valence-electron chi connectivity index (χ3n) is 2.86. The molecule has 0 aromatic carbocycles. The first kappa shape index (κ1) is 15.1. The van der Waals surface area contributed by atoms with Gasteiger partial charge in [-0.25, -0.2) is 0 Å². The second-order valence-electron chi connectivity index (χ2n) is 5.12. The molecule has 19 heavy (non-hydrogen) atoms. The lowest BCUT2D eigenvalue weighted by atomic mass is 10.2. The number of aromatic nitrogens is 1. The van der Waals surface area contributed by atoms with Gasteiger partial charge in [-0.2, -0.15) is 4.57 Å². The minimum absolute atomic E-state index is 0.0246. The van der Waals surface area contributed by atoms with Gasteiger partial charge in [0, 0.05) is 18.2 Å². The van der Waals surface area contributed by atoms with E-state index in [0.717, 1.165) is 0 Å². The predicted molar refractivity (Wildman–Crippen MR) is 72.3 cm³/mol. The summed E-state index contributed by atoms with van der Waals surface area (Å²) in [5.41, 5.74) is 5.62. The van der Waals surface area contributed by atoms with Crippen molar-refractivity contribution in [1.82, 2.24) is 4.90 Å². The van der Waals surface area contributed by atoms with Crippen LogP contribution in [0.25, 0.3) is 0 Å². The molecule has 0 radical (unpaired) electrons. The molecular weight excluding hydrogens is 242 g/mol. The topological polar surface area (TPSA) is 67.3 Å². The van der Waals surface area contributed by atoms with E-state index in [0.29, 0.717) is 5.56 Å². The van der Waals surface area contributed by atoms with Crippen LogP contribution in [0.5, 0.6) is 0 Å².